The van der Waals surface area contributed by atoms with Gasteiger partial charge in [-0.3, -0.25) is 5.10 Å². The molecule has 8 heteroatoms. The van der Waals surface area contributed by atoms with Crippen molar-refractivity contribution in [1.82, 2.24) is 30.3 Å². The van der Waals surface area contributed by atoms with Crippen LogP contribution >= 0.6 is 0 Å². The Morgan fingerprint density at radius 1 is 1.03 bits per heavy atom. The zero-order valence-corrected chi connectivity index (χ0v) is 17.0. The van der Waals surface area contributed by atoms with E-state index < -0.39 is 6.04 Å². The summed E-state index contributed by atoms with van der Waals surface area (Å²) in [6, 6.07) is 18.3. The number of aromatic nitrogens is 5. The fourth-order valence-corrected chi connectivity index (χ4v) is 3.36. The third kappa shape index (κ3) is 4.07. The van der Waals surface area contributed by atoms with Crippen LogP contribution in [0.5, 0.6) is 0 Å². The summed E-state index contributed by atoms with van der Waals surface area (Å²) >= 11 is 0. The third-order valence-electron chi connectivity index (χ3n) is 4.67. The zero-order valence-electron chi connectivity index (χ0n) is 17.0. The van der Waals surface area contributed by atoms with Crippen molar-refractivity contribution in [3.63, 3.8) is 0 Å². The fraction of sp³-hybridized carbons (Fsp3) is 0.182. The minimum absolute atomic E-state index is 0.361. The Morgan fingerprint density at radius 2 is 1.77 bits per heavy atom. The summed E-state index contributed by atoms with van der Waals surface area (Å²) in [5.41, 5.74) is 4.23. The molecule has 0 aliphatic heterocycles. The number of amides is 2. The summed E-state index contributed by atoms with van der Waals surface area (Å²) in [4.78, 5) is 17.3. The number of hydrogen-bond donors (Lipinski definition) is 3. The molecule has 1 unspecified atom stereocenters. The van der Waals surface area contributed by atoms with Gasteiger partial charge in [0.15, 0.2) is 5.82 Å². The van der Waals surface area contributed by atoms with E-state index in [0.29, 0.717) is 17.3 Å². The Labute approximate surface area is 174 Å². The smallest absolute Gasteiger partial charge is 0.320 e. The highest BCUT2D eigenvalue weighted by Gasteiger charge is 2.21. The molecule has 30 heavy (non-hydrogen) atoms. The van der Waals surface area contributed by atoms with Crippen molar-refractivity contribution in [1.29, 1.82) is 0 Å². The number of H-pyrrole nitrogens is 1. The van der Waals surface area contributed by atoms with Crippen LogP contribution in [-0.4, -0.2) is 31.0 Å². The summed E-state index contributed by atoms with van der Waals surface area (Å²) in [7, 11) is 0. The molecule has 0 bridgehead atoms. The number of rotatable bonds is 5. The van der Waals surface area contributed by atoms with Gasteiger partial charge in [-0.05, 0) is 44.5 Å². The van der Waals surface area contributed by atoms with E-state index in [0.717, 1.165) is 22.6 Å². The van der Waals surface area contributed by atoms with Crippen LogP contribution in [-0.2, 0) is 0 Å². The Morgan fingerprint density at radius 3 is 2.43 bits per heavy atom. The van der Waals surface area contributed by atoms with Crippen LogP contribution in [0.25, 0.3) is 5.69 Å². The lowest BCUT2D eigenvalue weighted by Gasteiger charge is -2.18. The maximum atomic E-state index is 12.9. The number of hydrogen-bond acceptors (Lipinski definition) is 4. The second-order valence-corrected chi connectivity index (χ2v) is 7.08. The number of anilines is 1. The molecule has 2 heterocycles. The molecule has 0 aliphatic carbocycles. The average Bonchev–Trinajstić information content (AvgIpc) is 3.31. The van der Waals surface area contributed by atoms with E-state index in [1.165, 1.54) is 0 Å². The fourth-order valence-electron chi connectivity index (χ4n) is 3.36. The summed E-state index contributed by atoms with van der Waals surface area (Å²) in [6.45, 7) is 5.74. The lowest BCUT2D eigenvalue weighted by atomic mass is 10.1. The van der Waals surface area contributed by atoms with E-state index in [9.17, 15) is 4.79 Å². The van der Waals surface area contributed by atoms with Crippen molar-refractivity contribution in [2.45, 2.75) is 26.8 Å². The van der Waals surface area contributed by atoms with Gasteiger partial charge in [0, 0.05) is 5.69 Å². The third-order valence-corrected chi connectivity index (χ3v) is 4.67. The number of carbonyl (C=O) groups is 1. The molecule has 0 saturated heterocycles. The summed E-state index contributed by atoms with van der Waals surface area (Å²) in [5, 5.41) is 17.5. The Bertz CT molecular complexity index is 1160. The minimum Gasteiger partial charge on any atom is -0.324 e. The maximum absolute atomic E-state index is 12.9. The van der Waals surface area contributed by atoms with Crippen molar-refractivity contribution < 1.29 is 4.79 Å². The molecule has 2 amide bonds. The van der Waals surface area contributed by atoms with Crippen LogP contribution in [0.15, 0.2) is 60.7 Å². The van der Waals surface area contributed by atoms with Gasteiger partial charge >= 0.3 is 6.03 Å². The molecule has 0 spiro atoms. The highest BCUT2D eigenvalue weighted by Crippen LogP contribution is 2.23. The highest BCUT2D eigenvalue weighted by molar-refractivity contribution is 5.92. The average molecular weight is 401 g/mol. The van der Waals surface area contributed by atoms with Crippen LogP contribution in [0.1, 0.15) is 34.6 Å². The number of nitrogens with zero attached hydrogens (tertiary/aromatic N) is 4. The second-order valence-electron chi connectivity index (χ2n) is 7.08. The first-order valence-corrected chi connectivity index (χ1v) is 9.65. The minimum atomic E-state index is -0.489. The molecule has 8 nitrogen and oxygen atoms in total. The second kappa shape index (κ2) is 8.20. The van der Waals surface area contributed by atoms with Gasteiger partial charge in [-0.15, -0.1) is 0 Å². The molecule has 4 rings (SSSR count). The van der Waals surface area contributed by atoms with Crippen LogP contribution in [0, 0.1) is 20.8 Å². The molecule has 0 saturated carbocycles. The molecular formula is C22H23N7O. The normalized spacial score (nSPS) is 11.8. The van der Waals surface area contributed by atoms with Gasteiger partial charge in [-0.2, -0.15) is 10.2 Å². The van der Waals surface area contributed by atoms with E-state index in [-0.39, 0.29) is 6.03 Å². The van der Waals surface area contributed by atoms with E-state index in [2.05, 4.69) is 30.9 Å². The van der Waals surface area contributed by atoms with E-state index >= 15 is 0 Å². The van der Waals surface area contributed by atoms with E-state index in [1.54, 1.807) is 0 Å². The number of carbonyl (C=O) groups excluding carboxylic acids is 1. The molecule has 1 atom stereocenters. The molecule has 2 aromatic carbocycles. The number of aryl methyl sites for hydroxylation is 3. The lowest BCUT2D eigenvalue weighted by Crippen LogP contribution is -2.34. The number of urea groups is 1. The molecule has 2 aromatic heterocycles. The summed E-state index contributed by atoms with van der Waals surface area (Å²) in [5.74, 6) is 1.18. The van der Waals surface area contributed by atoms with Crippen LogP contribution in [0.4, 0.5) is 10.5 Å². The number of aromatic amines is 1. The van der Waals surface area contributed by atoms with Gasteiger partial charge in [0.05, 0.1) is 17.1 Å². The predicted octanol–water partition coefficient (Wildman–Crippen LogP) is 3.83. The Balaban J connectivity index is 1.60. The zero-order chi connectivity index (χ0) is 21.1. The first kappa shape index (κ1) is 19.4. The largest absolute Gasteiger partial charge is 0.324 e. The Kier molecular flexibility index (Phi) is 5.30. The molecule has 152 valence electrons. The SMILES string of the molecule is Cc1cc(C)n(-c2ccccc2NC(=O)NC(c2ccccc2)c2n[nH]c(C)n2)n1. The van der Waals surface area contributed by atoms with Crippen molar-refractivity contribution in [3.8, 4) is 5.69 Å². The number of nitrogens with one attached hydrogen (secondary N) is 3. The van der Waals surface area contributed by atoms with Crippen molar-refractivity contribution in [2.75, 3.05) is 5.32 Å². The van der Waals surface area contributed by atoms with Crippen molar-refractivity contribution in [3.05, 3.63) is 89.3 Å². The van der Waals surface area contributed by atoms with Crippen LogP contribution in [0.3, 0.4) is 0 Å². The number of benzene rings is 2. The lowest BCUT2D eigenvalue weighted by molar-refractivity contribution is 0.249. The Hall–Kier alpha value is -3.94. The van der Waals surface area contributed by atoms with Gasteiger partial charge < -0.3 is 10.6 Å². The first-order valence-electron chi connectivity index (χ1n) is 9.65. The summed E-state index contributed by atoms with van der Waals surface area (Å²) < 4.78 is 1.82. The van der Waals surface area contributed by atoms with Gasteiger partial charge in [-0.25, -0.2) is 14.5 Å². The van der Waals surface area contributed by atoms with Crippen LogP contribution < -0.4 is 10.6 Å². The van der Waals surface area contributed by atoms with Crippen LogP contribution in [0.2, 0.25) is 0 Å². The van der Waals surface area contributed by atoms with Gasteiger partial charge in [0.25, 0.3) is 0 Å². The van der Waals surface area contributed by atoms with E-state index in [4.69, 9.17) is 0 Å². The molecular weight excluding hydrogens is 378 g/mol. The summed E-state index contributed by atoms with van der Waals surface area (Å²) in [6.07, 6.45) is 0. The van der Waals surface area contributed by atoms with Crippen molar-refractivity contribution in [2.24, 2.45) is 0 Å². The molecule has 0 fully saturated rings. The standard InChI is InChI=1S/C22H23N7O/c1-14-13-15(2)29(28-14)19-12-8-7-11-18(19)24-22(30)25-20(17-9-5-4-6-10-17)21-23-16(3)26-27-21/h4-13,20H,1-3H3,(H,23,26,27)(H2,24,25,30). The quantitative estimate of drug-likeness (QED) is 0.473. The number of para-hydroxylation sites is 2. The molecule has 4 aromatic rings. The monoisotopic (exact) mass is 401 g/mol. The van der Waals surface area contributed by atoms with Gasteiger partial charge in [-0.1, -0.05) is 42.5 Å². The van der Waals surface area contributed by atoms with Gasteiger partial charge in [0.1, 0.15) is 11.9 Å². The van der Waals surface area contributed by atoms with E-state index in [1.807, 2.05) is 86.1 Å². The predicted molar refractivity (Wildman–Crippen MR) is 115 cm³/mol. The molecule has 0 radical (unpaired) electrons. The first-order chi connectivity index (χ1) is 14.5. The topological polar surface area (TPSA) is 101 Å². The highest BCUT2D eigenvalue weighted by atomic mass is 16.2. The molecule has 3 N–H and O–H groups in total. The molecule has 0 aliphatic rings. The van der Waals surface area contributed by atoms with Crippen molar-refractivity contribution >= 4 is 11.7 Å². The maximum Gasteiger partial charge on any atom is 0.320 e. The van der Waals surface area contributed by atoms with Gasteiger partial charge in [0.2, 0.25) is 0 Å².